The summed E-state index contributed by atoms with van der Waals surface area (Å²) in [7, 11) is 0. The molecule has 0 aromatic rings. The second-order valence-electron chi connectivity index (χ2n) is 3.65. The summed E-state index contributed by atoms with van der Waals surface area (Å²) in [6.07, 6.45) is 3.90. The third-order valence-electron chi connectivity index (χ3n) is 2.40. The molecule has 1 heteroatoms. The second-order valence-corrected chi connectivity index (χ2v) is 3.65. The Morgan fingerprint density at radius 2 is 1.45 bits per heavy atom. The zero-order valence-electron chi connectivity index (χ0n) is 8.56. The fraction of sp³-hybridized carbons (Fsp3) is 0.800. The van der Waals surface area contributed by atoms with E-state index in [0.717, 1.165) is 0 Å². The normalized spacial score (nSPS) is 23.5. The molecule has 1 heterocycles. The molecule has 0 bridgehead atoms. The van der Waals surface area contributed by atoms with Crippen LogP contribution in [0.25, 0.3) is 0 Å². The van der Waals surface area contributed by atoms with E-state index in [2.05, 4.69) is 33.8 Å². The Morgan fingerprint density at radius 3 is 1.55 bits per heavy atom. The van der Waals surface area contributed by atoms with Crippen LogP contribution in [-0.2, 0) is 4.74 Å². The first kappa shape index (κ1) is 10.5. The van der Waals surface area contributed by atoms with Gasteiger partial charge in [-0.25, -0.2) is 0 Å². The minimum atomic E-state index is -0.0208. The Balaban J connectivity index is 0.000000461. The van der Waals surface area contributed by atoms with E-state index >= 15 is 0 Å². The van der Waals surface area contributed by atoms with E-state index in [1.807, 2.05) is 13.8 Å². The van der Waals surface area contributed by atoms with Gasteiger partial charge in [-0.1, -0.05) is 27.7 Å². The van der Waals surface area contributed by atoms with Crippen molar-refractivity contribution >= 4 is 0 Å². The highest BCUT2D eigenvalue weighted by Gasteiger charge is 2.39. The molecule has 1 aliphatic heterocycles. The molecule has 1 aliphatic rings. The van der Waals surface area contributed by atoms with Crippen molar-refractivity contribution in [3.8, 4) is 0 Å². The van der Waals surface area contributed by atoms with Crippen LogP contribution in [0.2, 0.25) is 0 Å². The molecule has 66 valence electrons. The van der Waals surface area contributed by atoms with E-state index in [9.17, 15) is 0 Å². The van der Waals surface area contributed by atoms with Crippen molar-refractivity contribution < 1.29 is 4.74 Å². The van der Waals surface area contributed by atoms with Crippen molar-refractivity contribution in [1.82, 2.24) is 0 Å². The molecule has 0 aromatic carbocycles. The molecular weight excluding hydrogens is 136 g/mol. The molecule has 11 heavy (non-hydrogen) atoms. The van der Waals surface area contributed by atoms with Gasteiger partial charge in [0.25, 0.3) is 0 Å². The molecule has 0 unspecified atom stereocenters. The molecule has 0 atom stereocenters. The van der Waals surface area contributed by atoms with Crippen LogP contribution in [0.15, 0.2) is 12.3 Å². The summed E-state index contributed by atoms with van der Waals surface area (Å²) >= 11 is 0. The van der Waals surface area contributed by atoms with Crippen LogP contribution < -0.4 is 0 Å². The van der Waals surface area contributed by atoms with Crippen LogP contribution in [0.4, 0.5) is 0 Å². The maximum Gasteiger partial charge on any atom is 0.111 e. The third-order valence-corrected chi connectivity index (χ3v) is 2.40. The predicted molar refractivity (Wildman–Crippen MR) is 49.4 cm³/mol. The van der Waals surface area contributed by atoms with Gasteiger partial charge in [-0.3, -0.25) is 0 Å². The first-order chi connectivity index (χ1) is 4.96. The van der Waals surface area contributed by atoms with E-state index in [4.69, 9.17) is 4.74 Å². The van der Waals surface area contributed by atoms with E-state index in [0.29, 0.717) is 0 Å². The second kappa shape index (κ2) is 3.29. The van der Waals surface area contributed by atoms with Crippen molar-refractivity contribution in [2.75, 3.05) is 0 Å². The maximum atomic E-state index is 5.38. The Bertz CT molecular complexity index is 143. The first-order valence-electron chi connectivity index (χ1n) is 4.31. The Morgan fingerprint density at radius 1 is 1.00 bits per heavy atom. The Labute approximate surface area is 70.4 Å². The molecule has 0 aromatic heterocycles. The Hall–Kier alpha value is -0.460. The van der Waals surface area contributed by atoms with Gasteiger partial charge in [0.1, 0.15) is 5.60 Å². The van der Waals surface area contributed by atoms with Gasteiger partial charge in [0.2, 0.25) is 0 Å². The highest BCUT2D eigenvalue weighted by molar-refractivity contribution is 5.07. The highest BCUT2D eigenvalue weighted by Crippen LogP contribution is 2.39. The molecule has 0 saturated heterocycles. The van der Waals surface area contributed by atoms with Crippen molar-refractivity contribution in [3.05, 3.63) is 12.3 Å². The van der Waals surface area contributed by atoms with Gasteiger partial charge in [-0.05, 0) is 19.9 Å². The van der Waals surface area contributed by atoms with E-state index in [1.165, 1.54) is 0 Å². The van der Waals surface area contributed by atoms with E-state index in [-0.39, 0.29) is 11.0 Å². The minimum absolute atomic E-state index is 0.0208. The zero-order valence-corrected chi connectivity index (χ0v) is 8.56. The minimum Gasteiger partial charge on any atom is -0.495 e. The van der Waals surface area contributed by atoms with Gasteiger partial charge in [-0.2, -0.15) is 0 Å². The molecule has 1 rings (SSSR count). The summed E-state index contributed by atoms with van der Waals surface area (Å²) in [6, 6.07) is 0. The number of hydrogen-bond donors (Lipinski definition) is 0. The fourth-order valence-corrected chi connectivity index (χ4v) is 0.727. The Kier molecular flexibility index (Phi) is 3.15. The zero-order chi connectivity index (χ0) is 9.12. The van der Waals surface area contributed by atoms with Gasteiger partial charge in [0.05, 0.1) is 6.26 Å². The van der Waals surface area contributed by atoms with Crippen LogP contribution in [0.3, 0.4) is 0 Å². The molecule has 0 aliphatic carbocycles. The van der Waals surface area contributed by atoms with Gasteiger partial charge in [0.15, 0.2) is 0 Å². The van der Waals surface area contributed by atoms with Crippen molar-refractivity contribution in [3.63, 3.8) is 0 Å². The number of ether oxygens (including phenoxy) is 1. The van der Waals surface area contributed by atoms with E-state index in [1.54, 1.807) is 6.26 Å². The van der Waals surface area contributed by atoms with Gasteiger partial charge in [0, 0.05) is 5.41 Å². The molecule has 0 amide bonds. The van der Waals surface area contributed by atoms with Crippen molar-refractivity contribution in [1.29, 1.82) is 0 Å². The summed E-state index contributed by atoms with van der Waals surface area (Å²) in [5.41, 5.74) is 0.167. The summed E-state index contributed by atoms with van der Waals surface area (Å²) in [6.45, 7) is 12.6. The average molecular weight is 156 g/mol. The molecule has 0 radical (unpaired) electrons. The van der Waals surface area contributed by atoms with Crippen molar-refractivity contribution in [2.45, 2.75) is 47.1 Å². The summed E-state index contributed by atoms with van der Waals surface area (Å²) in [5.74, 6) is 0. The van der Waals surface area contributed by atoms with Crippen molar-refractivity contribution in [2.24, 2.45) is 5.41 Å². The monoisotopic (exact) mass is 156 g/mol. The molecule has 0 N–H and O–H groups in total. The lowest BCUT2D eigenvalue weighted by atomic mass is 9.79. The lowest BCUT2D eigenvalue weighted by Crippen LogP contribution is -2.34. The molecule has 0 saturated carbocycles. The standard InChI is InChI=1S/C8H14O.C2H6/c1-7(2)5-6-9-8(7,3)4;1-2/h5-6H,1-4H3;1-2H3. The van der Waals surface area contributed by atoms with Crippen LogP contribution >= 0.6 is 0 Å². The summed E-state index contributed by atoms with van der Waals surface area (Å²) in [4.78, 5) is 0. The predicted octanol–water partition coefficient (Wildman–Crippen LogP) is 3.36. The number of hydrogen-bond acceptors (Lipinski definition) is 1. The largest absolute Gasteiger partial charge is 0.495 e. The van der Waals surface area contributed by atoms with Crippen LogP contribution in [0.5, 0.6) is 0 Å². The quantitative estimate of drug-likeness (QED) is 0.522. The molecule has 0 fully saturated rings. The maximum absolute atomic E-state index is 5.38. The lowest BCUT2D eigenvalue weighted by molar-refractivity contribution is 0.00742. The smallest absolute Gasteiger partial charge is 0.111 e. The molecule has 0 spiro atoms. The van der Waals surface area contributed by atoms with Gasteiger partial charge in [-0.15, -0.1) is 0 Å². The highest BCUT2D eigenvalue weighted by atomic mass is 16.5. The average Bonchev–Trinajstić information content (AvgIpc) is 2.12. The summed E-state index contributed by atoms with van der Waals surface area (Å²) < 4.78 is 5.38. The van der Waals surface area contributed by atoms with Crippen LogP contribution in [-0.4, -0.2) is 5.60 Å². The molecule has 1 nitrogen and oxygen atoms in total. The third kappa shape index (κ3) is 1.98. The van der Waals surface area contributed by atoms with Crippen LogP contribution in [0, 0.1) is 5.41 Å². The van der Waals surface area contributed by atoms with E-state index < -0.39 is 0 Å². The fourth-order valence-electron chi connectivity index (χ4n) is 0.727. The SMILES string of the molecule is CC.CC1(C)C=COC1(C)C. The summed E-state index contributed by atoms with van der Waals surface area (Å²) in [5, 5.41) is 0. The van der Waals surface area contributed by atoms with Gasteiger partial charge >= 0.3 is 0 Å². The lowest BCUT2D eigenvalue weighted by Gasteiger charge is -2.32. The number of rotatable bonds is 0. The topological polar surface area (TPSA) is 9.23 Å². The first-order valence-corrected chi connectivity index (χ1v) is 4.31. The van der Waals surface area contributed by atoms with Gasteiger partial charge < -0.3 is 4.74 Å². The molecular formula is C10H20O. The van der Waals surface area contributed by atoms with Crippen LogP contribution in [0.1, 0.15) is 41.5 Å².